The number of aromatic nitrogens is 2. The molecule has 0 N–H and O–H groups in total. The number of hydrogen-bond donors (Lipinski definition) is 0. The summed E-state index contributed by atoms with van der Waals surface area (Å²) in [5.41, 5.74) is 0. The summed E-state index contributed by atoms with van der Waals surface area (Å²) >= 11 is 0. The highest BCUT2D eigenvalue weighted by atomic mass is 16.1. The van der Waals surface area contributed by atoms with Crippen LogP contribution < -0.4 is 0 Å². The van der Waals surface area contributed by atoms with E-state index < -0.39 is 0 Å². The van der Waals surface area contributed by atoms with Gasteiger partial charge in [-0.15, -0.1) is 0 Å². The summed E-state index contributed by atoms with van der Waals surface area (Å²) in [6, 6.07) is 0. The fraction of sp³-hybridized carbons (Fsp3) is 0.250. The van der Waals surface area contributed by atoms with Crippen LogP contribution in [-0.2, 0) is 4.79 Å². The van der Waals surface area contributed by atoms with Gasteiger partial charge in [-0.2, -0.15) is 0 Å². The molecule has 0 fully saturated rings. The average Bonchev–Trinajstić information content (AvgIpc) is 2.07. The van der Waals surface area contributed by atoms with Gasteiger partial charge in [0, 0.05) is 12.4 Å². The molecule has 0 unspecified atom stereocenters. The van der Waals surface area contributed by atoms with E-state index in [2.05, 4.69) is 0 Å². The smallest absolute Gasteiger partial charge is 0.194 e. The molecule has 3 heteroatoms. The Bertz CT molecular complexity index is 180. The number of nitrogens with zero attached hydrogens (tertiary/aromatic N) is 2. The van der Waals surface area contributed by atoms with Crippen molar-refractivity contribution in [3.63, 3.8) is 0 Å². The number of carbonyl (C=O) groups is 1. The SMILES string of the molecule is O=CC1n2ccn21. The third-order valence-corrected chi connectivity index (χ3v) is 1.25. The minimum absolute atomic E-state index is 0.0556. The Morgan fingerprint density at radius 3 is 2.14 bits per heavy atom. The first-order chi connectivity index (χ1) is 3.43. The third-order valence-electron chi connectivity index (χ3n) is 1.25. The molecule has 0 aliphatic carbocycles. The Balaban J connectivity index is 2.35. The van der Waals surface area contributed by atoms with E-state index >= 15 is 0 Å². The minimum Gasteiger partial charge on any atom is -0.299 e. The molecule has 0 aromatic carbocycles. The van der Waals surface area contributed by atoms with Crippen LogP contribution in [0.2, 0.25) is 0 Å². The van der Waals surface area contributed by atoms with Gasteiger partial charge in [-0.05, 0) is 0 Å². The van der Waals surface area contributed by atoms with E-state index in [0.29, 0.717) is 0 Å². The lowest BCUT2D eigenvalue weighted by Crippen LogP contribution is -1.75. The molecule has 1 aromatic rings. The average molecular weight is 96.1 g/mol. The van der Waals surface area contributed by atoms with E-state index in [1.807, 2.05) is 21.8 Å². The molecule has 7 heavy (non-hydrogen) atoms. The van der Waals surface area contributed by atoms with E-state index in [-0.39, 0.29) is 6.17 Å². The Kier molecular flexibility index (Phi) is 0.291. The lowest BCUT2D eigenvalue weighted by molar-refractivity contribution is -0.108. The van der Waals surface area contributed by atoms with E-state index in [9.17, 15) is 4.79 Å². The van der Waals surface area contributed by atoms with E-state index in [1.165, 1.54) is 0 Å². The number of rotatable bonds is 1. The van der Waals surface area contributed by atoms with Crippen molar-refractivity contribution >= 4 is 6.29 Å². The van der Waals surface area contributed by atoms with Gasteiger partial charge < -0.3 is 0 Å². The van der Waals surface area contributed by atoms with Crippen molar-refractivity contribution in [3.8, 4) is 0 Å². The molecule has 1 aliphatic heterocycles. The second-order valence-electron chi connectivity index (χ2n) is 1.61. The molecule has 36 valence electrons. The molecule has 0 amide bonds. The Morgan fingerprint density at radius 1 is 1.43 bits per heavy atom. The highest BCUT2D eigenvalue weighted by Crippen LogP contribution is 2.23. The lowest BCUT2D eigenvalue weighted by Gasteiger charge is -1.75. The molecule has 2 rings (SSSR count). The monoisotopic (exact) mass is 96.0 g/mol. The topological polar surface area (TPSA) is 26.9 Å². The maximum atomic E-state index is 9.90. The van der Waals surface area contributed by atoms with Crippen molar-refractivity contribution in [3.05, 3.63) is 12.4 Å². The quantitative estimate of drug-likeness (QED) is 0.446. The predicted octanol–water partition coefficient (Wildman–Crippen LogP) is -0.151. The Morgan fingerprint density at radius 2 is 2.00 bits per heavy atom. The van der Waals surface area contributed by atoms with E-state index in [4.69, 9.17) is 0 Å². The van der Waals surface area contributed by atoms with Gasteiger partial charge in [0.1, 0.15) is 0 Å². The molecular weight excluding hydrogens is 92.1 g/mol. The molecule has 3 nitrogen and oxygen atoms in total. The van der Waals surface area contributed by atoms with Gasteiger partial charge in [0.25, 0.3) is 0 Å². The van der Waals surface area contributed by atoms with Crippen LogP contribution in [-0.4, -0.2) is 15.6 Å². The number of aldehydes is 1. The van der Waals surface area contributed by atoms with Gasteiger partial charge in [0.2, 0.25) is 0 Å². The van der Waals surface area contributed by atoms with Crippen molar-refractivity contribution in [1.82, 2.24) is 9.36 Å². The van der Waals surface area contributed by atoms with Gasteiger partial charge in [0.05, 0.1) is 0 Å². The van der Waals surface area contributed by atoms with Crippen LogP contribution in [0.25, 0.3) is 0 Å². The van der Waals surface area contributed by atoms with Crippen LogP contribution >= 0.6 is 0 Å². The van der Waals surface area contributed by atoms with Gasteiger partial charge in [0.15, 0.2) is 12.5 Å². The van der Waals surface area contributed by atoms with Crippen molar-refractivity contribution in [1.29, 1.82) is 0 Å². The Labute approximate surface area is 40.1 Å². The van der Waals surface area contributed by atoms with Crippen molar-refractivity contribution in [2.45, 2.75) is 6.17 Å². The molecule has 2 heterocycles. The normalized spacial score (nSPS) is 16.6. The first kappa shape index (κ1) is 3.07. The van der Waals surface area contributed by atoms with Crippen molar-refractivity contribution in [2.75, 3.05) is 0 Å². The number of fused-ring (bicyclic) bond motifs is 1. The molecular formula is C4H4N2O. The van der Waals surface area contributed by atoms with Gasteiger partial charge >= 0.3 is 0 Å². The summed E-state index contributed by atoms with van der Waals surface area (Å²) in [5.74, 6) is 0. The summed E-state index contributed by atoms with van der Waals surface area (Å²) < 4.78 is 3.71. The molecule has 0 bridgehead atoms. The van der Waals surface area contributed by atoms with Crippen LogP contribution in [0.15, 0.2) is 12.4 Å². The van der Waals surface area contributed by atoms with E-state index in [1.54, 1.807) is 0 Å². The number of hydrogen-bond acceptors (Lipinski definition) is 1. The molecule has 1 aliphatic rings. The zero-order valence-corrected chi connectivity index (χ0v) is 3.61. The third kappa shape index (κ3) is 0.177. The molecule has 0 atom stereocenters. The summed E-state index contributed by atoms with van der Waals surface area (Å²) in [6.45, 7) is 0. The van der Waals surface area contributed by atoms with Crippen LogP contribution in [0.1, 0.15) is 6.17 Å². The summed E-state index contributed by atoms with van der Waals surface area (Å²) in [6.07, 6.45) is 4.72. The van der Waals surface area contributed by atoms with Gasteiger partial charge in [-0.1, -0.05) is 0 Å². The lowest BCUT2D eigenvalue weighted by atomic mass is 10.7. The zero-order chi connectivity index (χ0) is 4.85. The maximum Gasteiger partial charge on any atom is 0.194 e. The fourth-order valence-corrected chi connectivity index (χ4v) is 0.735. The van der Waals surface area contributed by atoms with Crippen LogP contribution in [0, 0.1) is 0 Å². The molecule has 1 aromatic heterocycles. The second-order valence-corrected chi connectivity index (χ2v) is 1.61. The van der Waals surface area contributed by atoms with Gasteiger partial charge in [-0.3, -0.25) is 14.2 Å². The highest BCUT2D eigenvalue weighted by Gasteiger charge is 2.29. The van der Waals surface area contributed by atoms with Crippen LogP contribution in [0.4, 0.5) is 0 Å². The second kappa shape index (κ2) is 0.665. The minimum atomic E-state index is 0.0556. The van der Waals surface area contributed by atoms with E-state index in [0.717, 1.165) is 6.29 Å². The van der Waals surface area contributed by atoms with Gasteiger partial charge in [-0.25, -0.2) is 0 Å². The molecule has 0 spiro atoms. The van der Waals surface area contributed by atoms with Crippen molar-refractivity contribution in [2.24, 2.45) is 0 Å². The zero-order valence-electron chi connectivity index (χ0n) is 3.61. The first-order valence-corrected chi connectivity index (χ1v) is 2.14. The summed E-state index contributed by atoms with van der Waals surface area (Å²) in [4.78, 5) is 9.90. The van der Waals surface area contributed by atoms with Crippen LogP contribution in [0.3, 0.4) is 0 Å². The molecule has 0 radical (unpaired) electrons. The highest BCUT2D eigenvalue weighted by molar-refractivity contribution is 5.59. The van der Waals surface area contributed by atoms with Crippen LogP contribution in [0.5, 0.6) is 0 Å². The molecule has 0 saturated heterocycles. The number of carbonyl (C=O) groups excluding carboxylic acids is 1. The molecule has 0 saturated carbocycles. The standard InChI is InChI=1S/C4H4N2O/c7-3-4-5-1-2-6(4)5/h1-4H. The van der Waals surface area contributed by atoms with Crippen molar-refractivity contribution < 1.29 is 4.79 Å². The fourth-order valence-electron chi connectivity index (χ4n) is 0.735. The Hall–Kier alpha value is -0.990. The largest absolute Gasteiger partial charge is 0.299 e. The maximum absolute atomic E-state index is 9.90. The summed E-state index contributed by atoms with van der Waals surface area (Å²) in [7, 11) is 0. The predicted molar refractivity (Wildman–Crippen MR) is 22.9 cm³/mol. The first-order valence-electron chi connectivity index (χ1n) is 2.14. The summed E-state index contributed by atoms with van der Waals surface area (Å²) in [5, 5.41) is 0.